The number of carbonyl (C=O) groups is 3. The fourth-order valence-corrected chi connectivity index (χ4v) is 11.4. The molecule has 2 heterocycles. The summed E-state index contributed by atoms with van der Waals surface area (Å²) < 4.78 is 12.0. The summed E-state index contributed by atoms with van der Waals surface area (Å²) in [6.07, 6.45) is 6.58. The van der Waals surface area contributed by atoms with Crippen LogP contribution in [0.25, 0.3) is 5.57 Å². The number of fused-ring (bicyclic) bond motifs is 2. The molecule has 0 spiro atoms. The van der Waals surface area contributed by atoms with Crippen molar-refractivity contribution in [1.82, 2.24) is 14.7 Å². The van der Waals surface area contributed by atoms with Gasteiger partial charge in [-0.2, -0.15) is 0 Å². The van der Waals surface area contributed by atoms with Crippen LogP contribution in [0.5, 0.6) is 5.75 Å². The first-order valence-electron chi connectivity index (χ1n) is 22.0. The number of anilines is 1. The van der Waals surface area contributed by atoms with Crippen molar-refractivity contribution >= 4 is 52.9 Å². The average Bonchev–Trinajstić information content (AvgIpc) is 3.34. The lowest BCUT2D eigenvalue weighted by atomic mass is 9.84. The van der Waals surface area contributed by atoms with E-state index in [9.17, 15) is 14.4 Å². The summed E-state index contributed by atoms with van der Waals surface area (Å²) in [5.74, 6) is 0.904. The highest BCUT2D eigenvalue weighted by molar-refractivity contribution is 7.80. The van der Waals surface area contributed by atoms with Crippen molar-refractivity contribution in [3.63, 3.8) is 0 Å². The second-order valence-corrected chi connectivity index (χ2v) is 17.9. The maximum absolute atomic E-state index is 14.7. The van der Waals surface area contributed by atoms with Crippen LogP contribution < -0.4 is 25.6 Å². The van der Waals surface area contributed by atoms with Gasteiger partial charge < -0.3 is 24.2 Å². The lowest BCUT2D eigenvalue weighted by Gasteiger charge is -2.36. The van der Waals surface area contributed by atoms with Crippen LogP contribution in [0.15, 0.2) is 151 Å². The number of methoxy groups -OCH3 is 1. The van der Waals surface area contributed by atoms with Gasteiger partial charge in [-0.25, -0.2) is 4.79 Å². The summed E-state index contributed by atoms with van der Waals surface area (Å²) in [6, 6.07) is 39.8. The molecule has 0 bridgehead atoms. The summed E-state index contributed by atoms with van der Waals surface area (Å²) in [6.45, 7) is 13.7. The Labute approximate surface area is 372 Å². The fourth-order valence-electron chi connectivity index (χ4n) is 8.95. The van der Waals surface area contributed by atoms with E-state index < -0.39 is 13.9 Å². The van der Waals surface area contributed by atoms with Crippen LogP contribution in [-0.2, 0) is 4.74 Å². The van der Waals surface area contributed by atoms with Gasteiger partial charge >= 0.3 is 5.97 Å². The normalized spacial score (nSPS) is 15.7. The minimum Gasteiger partial charge on any atom is -0.465 e. The Morgan fingerprint density at radius 3 is 1.92 bits per heavy atom. The molecule has 0 N–H and O–H groups in total. The molecule has 3 aliphatic rings. The Bertz CT molecular complexity index is 2530. The van der Waals surface area contributed by atoms with Crippen molar-refractivity contribution in [3.8, 4) is 5.75 Å². The standard InChI is InChI=1S/C53H55N4O5P/c1-6-54(7-2)38-25-28-44-47(35-38)62-48-36-39(55(8-3)9-4)26-29-45(48)50(44)42-22-16-17-23-43(42)52(59)57-32-30-56(31-33-57)51(58)37-24-27-46(53(60)61-5)49(34-37)63(40-18-12-10-13-19-40)41-20-14-11-15-21-41/h10-29,34-36,38H,6-9,30-33H2,1-5H3. The van der Waals surface area contributed by atoms with E-state index in [1.54, 1.807) is 12.1 Å². The molecule has 63 heavy (non-hydrogen) atoms. The summed E-state index contributed by atoms with van der Waals surface area (Å²) in [5.41, 5.74) is 6.34. The summed E-state index contributed by atoms with van der Waals surface area (Å²) in [4.78, 5) is 50.6. The summed E-state index contributed by atoms with van der Waals surface area (Å²) in [7, 11) is 0.183. The Morgan fingerprint density at radius 1 is 0.683 bits per heavy atom. The van der Waals surface area contributed by atoms with E-state index >= 15 is 0 Å². The Kier molecular flexibility index (Phi) is 13.4. The van der Waals surface area contributed by atoms with Gasteiger partial charge in [0.15, 0.2) is 0 Å². The van der Waals surface area contributed by atoms with Crippen LogP contribution in [0.2, 0.25) is 0 Å². The highest BCUT2D eigenvalue weighted by atomic mass is 31.1. The van der Waals surface area contributed by atoms with Gasteiger partial charge in [0.25, 0.3) is 11.8 Å². The maximum atomic E-state index is 14.7. The fraction of sp³-hybridized carbons (Fsp3) is 0.264. The third kappa shape index (κ3) is 8.73. The number of likely N-dealkylation sites (N-methyl/N-ethyl adjacent to an activating group) is 1. The van der Waals surface area contributed by atoms with Crippen LogP contribution >= 0.6 is 7.92 Å². The first kappa shape index (κ1) is 43.4. The van der Waals surface area contributed by atoms with Gasteiger partial charge in [0.1, 0.15) is 11.5 Å². The quantitative estimate of drug-likeness (QED) is 0.0877. The zero-order valence-electron chi connectivity index (χ0n) is 36.8. The molecule has 322 valence electrons. The zero-order valence-corrected chi connectivity index (χ0v) is 37.7. The molecule has 1 atom stereocenters. The lowest BCUT2D eigenvalue weighted by molar-refractivity contribution is 0.0535. The molecule has 8 rings (SSSR count). The first-order valence-corrected chi connectivity index (χ1v) is 23.4. The topological polar surface area (TPSA) is 82.6 Å². The van der Waals surface area contributed by atoms with E-state index in [0.717, 1.165) is 81.6 Å². The predicted molar refractivity (Wildman–Crippen MR) is 255 cm³/mol. The van der Waals surface area contributed by atoms with Crippen molar-refractivity contribution in [2.75, 3.05) is 64.4 Å². The van der Waals surface area contributed by atoms with E-state index in [4.69, 9.17) is 9.47 Å². The predicted octanol–water partition coefficient (Wildman–Crippen LogP) is 8.03. The minimum absolute atomic E-state index is 0.0778. The second-order valence-electron chi connectivity index (χ2n) is 15.7. The molecule has 10 heteroatoms. The molecule has 5 aromatic carbocycles. The van der Waals surface area contributed by atoms with Crippen molar-refractivity contribution in [2.24, 2.45) is 0 Å². The molecule has 1 aliphatic carbocycles. The average molecular weight is 859 g/mol. The van der Waals surface area contributed by atoms with E-state index in [2.05, 4.69) is 98.2 Å². The third-order valence-corrected chi connectivity index (χ3v) is 14.8. The molecule has 5 aromatic rings. The van der Waals surface area contributed by atoms with Gasteiger partial charge in [0.2, 0.25) is 0 Å². The largest absolute Gasteiger partial charge is 0.465 e. The number of hydrogen-bond donors (Lipinski definition) is 0. The molecule has 0 aromatic heterocycles. The van der Waals surface area contributed by atoms with E-state index in [-0.39, 0.29) is 17.9 Å². The molecular formula is C53H55N4O5P. The van der Waals surface area contributed by atoms with Crippen molar-refractivity contribution < 1.29 is 23.9 Å². The highest BCUT2D eigenvalue weighted by Crippen LogP contribution is 2.46. The number of hydrogen-bond acceptors (Lipinski definition) is 7. The molecule has 1 saturated heterocycles. The van der Waals surface area contributed by atoms with E-state index in [1.165, 1.54) is 7.11 Å². The van der Waals surface area contributed by atoms with Crippen molar-refractivity contribution in [2.45, 2.75) is 33.7 Å². The van der Waals surface area contributed by atoms with Gasteiger partial charge in [-0.15, -0.1) is 0 Å². The lowest BCUT2D eigenvalue weighted by Crippen LogP contribution is -2.50. The van der Waals surface area contributed by atoms with E-state index in [1.807, 2.05) is 76.5 Å². The molecule has 1 unspecified atom stereocenters. The number of amides is 2. The Morgan fingerprint density at radius 2 is 1.30 bits per heavy atom. The van der Waals surface area contributed by atoms with Crippen molar-refractivity contribution in [1.29, 1.82) is 0 Å². The summed E-state index contributed by atoms with van der Waals surface area (Å²) >= 11 is 0. The monoisotopic (exact) mass is 858 g/mol. The minimum atomic E-state index is -1.20. The van der Waals surface area contributed by atoms with E-state index in [0.29, 0.717) is 42.9 Å². The molecule has 0 saturated carbocycles. The number of piperazine rings is 1. The first-order chi connectivity index (χ1) is 30.8. The molecule has 0 radical (unpaired) electrons. The van der Waals surface area contributed by atoms with Crippen molar-refractivity contribution in [3.05, 3.63) is 179 Å². The SMILES string of the molecule is CCN(CC)c1ccc2c(c1)OC1=CC(N(CC)CC)C=CC1=C2c1ccccc1C(=O)N1CCN(C(=O)c2ccc(C(=O)OC)c(P(c3ccccc3)c3ccccc3)c2)CC1. The second kappa shape index (κ2) is 19.4. The van der Waals surface area contributed by atoms with Gasteiger partial charge in [-0.05, 0) is 93.5 Å². The smallest absolute Gasteiger partial charge is 0.338 e. The van der Waals surface area contributed by atoms with Gasteiger partial charge in [-0.1, -0.05) is 105 Å². The number of benzene rings is 5. The van der Waals surface area contributed by atoms with Crippen LogP contribution in [0, 0.1) is 0 Å². The Balaban J connectivity index is 1.08. The van der Waals surface area contributed by atoms with Crippen LogP contribution in [0.3, 0.4) is 0 Å². The molecule has 9 nitrogen and oxygen atoms in total. The number of nitrogens with zero attached hydrogens (tertiary/aromatic N) is 4. The molecule has 2 aliphatic heterocycles. The van der Waals surface area contributed by atoms with Gasteiger partial charge in [0, 0.05) is 84.2 Å². The number of allylic oxidation sites excluding steroid dienone is 1. The van der Waals surface area contributed by atoms with Crippen LogP contribution in [-0.4, -0.2) is 98.0 Å². The number of rotatable bonds is 13. The highest BCUT2D eigenvalue weighted by Gasteiger charge is 2.33. The summed E-state index contributed by atoms with van der Waals surface area (Å²) in [5, 5.41) is 2.87. The molecular weight excluding hydrogens is 804 g/mol. The molecule has 1 fully saturated rings. The zero-order chi connectivity index (χ0) is 44.0. The van der Waals surface area contributed by atoms with Gasteiger partial charge in [-0.3, -0.25) is 14.5 Å². The van der Waals surface area contributed by atoms with Crippen LogP contribution in [0.4, 0.5) is 5.69 Å². The number of esters is 1. The number of carbonyl (C=O) groups excluding carboxylic acids is 3. The number of ether oxygens (including phenoxy) is 2. The van der Waals surface area contributed by atoms with Crippen LogP contribution in [0.1, 0.15) is 69.9 Å². The van der Waals surface area contributed by atoms with Gasteiger partial charge in [0.05, 0.1) is 18.7 Å². The Hall–Kier alpha value is -6.28. The third-order valence-electron chi connectivity index (χ3n) is 12.3. The molecule has 2 amide bonds. The maximum Gasteiger partial charge on any atom is 0.338 e.